The zero-order valence-electron chi connectivity index (χ0n) is 15.5. The monoisotopic (exact) mass is 414 g/mol. The lowest BCUT2D eigenvalue weighted by Crippen LogP contribution is -2.53. The number of hydrogen-bond donors (Lipinski definition) is 2. The molecule has 0 aliphatic carbocycles. The molecule has 2 aromatic rings. The smallest absolute Gasteiger partial charge is 0.334 e. The second kappa shape index (κ2) is 7.92. The fourth-order valence-corrected chi connectivity index (χ4v) is 3.86. The molecule has 0 bridgehead atoms. The summed E-state index contributed by atoms with van der Waals surface area (Å²) in [5.41, 5.74) is -2.98. The first-order valence-electron chi connectivity index (χ1n) is 8.44. The van der Waals surface area contributed by atoms with Gasteiger partial charge in [0.25, 0.3) is 5.91 Å². The molecular formula is C19H21F3N2O3S. The van der Waals surface area contributed by atoms with Gasteiger partial charge in [0.15, 0.2) is 5.54 Å². The summed E-state index contributed by atoms with van der Waals surface area (Å²) in [7, 11) is -3.89. The van der Waals surface area contributed by atoms with Crippen LogP contribution < -0.4 is 10.0 Å². The Hall–Kier alpha value is -2.39. The zero-order valence-corrected chi connectivity index (χ0v) is 16.4. The number of halogens is 3. The van der Waals surface area contributed by atoms with E-state index in [1.165, 1.54) is 42.5 Å². The summed E-state index contributed by atoms with van der Waals surface area (Å²) in [6.45, 7) is 4.12. The van der Waals surface area contributed by atoms with E-state index in [-0.39, 0.29) is 22.1 Å². The number of alkyl halides is 3. The highest BCUT2D eigenvalue weighted by Crippen LogP contribution is 2.38. The number of amides is 1. The van der Waals surface area contributed by atoms with E-state index in [4.69, 9.17) is 0 Å². The molecule has 2 aromatic carbocycles. The van der Waals surface area contributed by atoms with Gasteiger partial charge in [-0.1, -0.05) is 36.4 Å². The Kier molecular flexibility index (Phi) is 6.20. The number of nitrogens with one attached hydrogen (secondary N) is 2. The van der Waals surface area contributed by atoms with Crippen LogP contribution in [0.15, 0.2) is 59.5 Å². The maximum Gasteiger partial charge on any atom is 0.415 e. The molecular weight excluding hydrogens is 393 g/mol. The van der Waals surface area contributed by atoms with Crippen LogP contribution in [-0.4, -0.2) is 26.5 Å². The molecule has 0 radical (unpaired) electrons. The van der Waals surface area contributed by atoms with Gasteiger partial charge < -0.3 is 5.32 Å². The third-order valence-corrected chi connectivity index (χ3v) is 5.74. The number of carbonyl (C=O) groups is 1. The maximum atomic E-state index is 13.8. The Balaban J connectivity index is 2.39. The summed E-state index contributed by atoms with van der Waals surface area (Å²) < 4.78 is 68.2. The number of carbonyl (C=O) groups excluding carboxylic acids is 1. The Labute approximate surface area is 162 Å². The van der Waals surface area contributed by atoms with Crippen LogP contribution in [0.4, 0.5) is 13.2 Å². The topological polar surface area (TPSA) is 75.3 Å². The second-order valence-corrected chi connectivity index (χ2v) is 8.46. The van der Waals surface area contributed by atoms with Crippen molar-refractivity contribution in [2.75, 3.05) is 0 Å². The Bertz CT molecular complexity index is 944. The van der Waals surface area contributed by atoms with Crippen molar-refractivity contribution in [3.05, 3.63) is 65.7 Å². The molecule has 28 heavy (non-hydrogen) atoms. The van der Waals surface area contributed by atoms with Crippen LogP contribution in [0.25, 0.3) is 0 Å². The summed E-state index contributed by atoms with van der Waals surface area (Å²) in [6, 6.07) is 11.5. The van der Waals surface area contributed by atoms with Crippen LogP contribution in [0.3, 0.4) is 0 Å². The predicted octanol–water partition coefficient (Wildman–Crippen LogP) is 3.58. The molecule has 0 heterocycles. The van der Waals surface area contributed by atoms with Gasteiger partial charge in [0.05, 0.1) is 4.90 Å². The molecule has 0 aromatic heterocycles. The van der Waals surface area contributed by atoms with Crippen molar-refractivity contribution in [1.82, 2.24) is 10.0 Å². The highest BCUT2D eigenvalue weighted by atomic mass is 32.2. The molecule has 0 saturated carbocycles. The maximum absolute atomic E-state index is 13.8. The summed E-state index contributed by atoms with van der Waals surface area (Å²) in [5.74, 6) is -1.04. The van der Waals surface area contributed by atoms with Gasteiger partial charge in [-0.15, -0.1) is 0 Å². The van der Waals surface area contributed by atoms with Crippen molar-refractivity contribution in [3.63, 3.8) is 0 Å². The zero-order chi connectivity index (χ0) is 21.2. The highest BCUT2D eigenvalue weighted by molar-refractivity contribution is 7.89. The Morgan fingerprint density at radius 2 is 1.61 bits per heavy atom. The van der Waals surface area contributed by atoms with Crippen molar-refractivity contribution < 1.29 is 26.4 Å². The van der Waals surface area contributed by atoms with E-state index in [2.05, 4.69) is 4.72 Å². The van der Waals surface area contributed by atoms with Gasteiger partial charge in [0.1, 0.15) is 0 Å². The van der Waals surface area contributed by atoms with Crippen molar-refractivity contribution in [2.24, 2.45) is 0 Å². The Morgan fingerprint density at radius 3 is 2.14 bits per heavy atom. The molecule has 1 unspecified atom stereocenters. The van der Waals surface area contributed by atoms with Gasteiger partial charge in [0, 0.05) is 11.6 Å². The fourth-order valence-electron chi connectivity index (χ4n) is 2.56. The summed E-state index contributed by atoms with van der Waals surface area (Å²) in [4.78, 5) is 12.3. The summed E-state index contributed by atoms with van der Waals surface area (Å²) >= 11 is 0. The number of sulfonamides is 1. The molecule has 0 spiro atoms. The molecule has 152 valence electrons. The van der Waals surface area contributed by atoms with E-state index in [0.717, 1.165) is 13.0 Å². The average molecular weight is 414 g/mol. The fraction of sp³-hybridized carbons (Fsp3) is 0.316. The molecule has 0 fully saturated rings. The number of hydrogen-bond acceptors (Lipinski definition) is 3. The minimum absolute atomic E-state index is 0.138. The van der Waals surface area contributed by atoms with Crippen LogP contribution in [0, 0.1) is 0 Å². The van der Waals surface area contributed by atoms with Gasteiger partial charge in [-0.2, -0.15) is 13.2 Å². The molecule has 9 heteroatoms. The lowest BCUT2D eigenvalue weighted by atomic mass is 9.90. The van der Waals surface area contributed by atoms with E-state index < -0.39 is 27.6 Å². The van der Waals surface area contributed by atoms with Gasteiger partial charge in [0.2, 0.25) is 10.0 Å². The van der Waals surface area contributed by atoms with Gasteiger partial charge in [-0.3, -0.25) is 4.79 Å². The molecule has 2 rings (SSSR count). The van der Waals surface area contributed by atoms with Crippen molar-refractivity contribution in [1.29, 1.82) is 0 Å². The van der Waals surface area contributed by atoms with Gasteiger partial charge >= 0.3 is 6.18 Å². The lowest BCUT2D eigenvalue weighted by Gasteiger charge is -2.33. The SMILES string of the molecule is CC(C)NS(=O)(=O)c1cccc(C(=O)NC(C)(c2ccccc2)C(F)(F)F)c1. The van der Waals surface area contributed by atoms with Crippen molar-refractivity contribution in [2.45, 2.75) is 43.4 Å². The molecule has 0 aliphatic rings. The summed E-state index contributed by atoms with van der Waals surface area (Å²) in [6.07, 6.45) is -4.77. The number of rotatable bonds is 6. The third-order valence-electron chi connectivity index (χ3n) is 4.08. The second-order valence-electron chi connectivity index (χ2n) is 6.75. The van der Waals surface area contributed by atoms with Crippen LogP contribution in [0.2, 0.25) is 0 Å². The molecule has 1 atom stereocenters. The summed E-state index contributed by atoms with van der Waals surface area (Å²) in [5, 5.41) is 2.01. The van der Waals surface area contributed by atoms with Gasteiger partial charge in [-0.05, 0) is 44.5 Å². The molecule has 0 saturated heterocycles. The van der Waals surface area contributed by atoms with Crippen LogP contribution in [-0.2, 0) is 15.6 Å². The molecule has 1 amide bonds. The first-order valence-corrected chi connectivity index (χ1v) is 9.92. The predicted molar refractivity (Wildman–Crippen MR) is 99.2 cm³/mol. The lowest BCUT2D eigenvalue weighted by molar-refractivity contribution is -0.192. The van der Waals surface area contributed by atoms with E-state index in [1.807, 2.05) is 5.32 Å². The third kappa shape index (κ3) is 4.71. The first kappa shape index (κ1) is 21.9. The average Bonchev–Trinajstić information content (AvgIpc) is 2.60. The van der Waals surface area contributed by atoms with E-state index >= 15 is 0 Å². The number of benzene rings is 2. The Morgan fingerprint density at radius 1 is 1.00 bits per heavy atom. The minimum Gasteiger partial charge on any atom is -0.334 e. The van der Waals surface area contributed by atoms with Crippen LogP contribution >= 0.6 is 0 Å². The van der Waals surface area contributed by atoms with E-state index in [1.54, 1.807) is 19.9 Å². The molecule has 5 nitrogen and oxygen atoms in total. The van der Waals surface area contributed by atoms with E-state index in [9.17, 15) is 26.4 Å². The normalized spacial score (nSPS) is 14.5. The van der Waals surface area contributed by atoms with E-state index in [0.29, 0.717) is 0 Å². The first-order chi connectivity index (χ1) is 12.9. The minimum atomic E-state index is -4.77. The quantitative estimate of drug-likeness (QED) is 0.759. The van der Waals surface area contributed by atoms with Crippen LogP contribution in [0.5, 0.6) is 0 Å². The van der Waals surface area contributed by atoms with Gasteiger partial charge in [-0.25, -0.2) is 13.1 Å². The highest BCUT2D eigenvalue weighted by Gasteiger charge is 2.53. The molecule has 0 aliphatic heterocycles. The standard InChI is InChI=1S/C19H21F3N2O3S/c1-13(2)24-28(26,27)16-11-7-8-14(12-16)17(25)23-18(3,19(20,21)22)15-9-5-4-6-10-15/h4-13,24H,1-3H3,(H,23,25). The van der Waals surface area contributed by atoms with Crippen molar-refractivity contribution in [3.8, 4) is 0 Å². The molecule has 2 N–H and O–H groups in total. The van der Waals surface area contributed by atoms with Crippen molar-refractivity contribution >= 4 is 15.9 Å². The van der Waals surface area contributed by atoms with Crippen LogP contribution in [0.1, 0.15) is 36.7 Å². The largest absolute Gasteiger partial charge is 0.415 e.